The molecule has 1 heterocycles. The van der Waals surface area contributed by atoms with Crippen LogP contribution in [0.5, 0.6) is 0 Å². The number of nitrogens with zero attached hydrogens (tertiary/aromatic N) is 1. The minimum Gasteiger partial charge on any atom is -0.192 e. The topological polar surface area (TPSA) is 23.8 Å². The van der Waals surface area contributed by atoms with Crippen molar-refractivity contribution in [3.05, 3.63) is 46.2 Å². The predicted molar refractivity (Wildman–Crippen MR) is 63.8 cm³/mol. The molecule has 0 bridgehead atoms. The average Bonchev–Trinajstić information content (AvgIpc) is 2.78. The fraction of sp³-hybridized carbons (Fsp3) is 0.154. The van der Waals surface area contributed by atoms with Gasteiger partial charge in [0.2, 0.25) is 0 Å². The number of benzene rings is 1. The van der Waals surface area contributed by atoms with Crippen molar-refractivity contribution in [3.63, 3.8) is 0 Å². The maximum Gasteiger partial charge on any atom is 0.0991 e. The van der Waals surface area contributed by atoms with E-state index in [1.54, 1.807) is 11.3 Å². The summed E-state index contributed by atoms with van der Waals surface area (Å²) in [5, 5.41) is 11.0. The zero-order valence-corrected chi connectivity index (χ0v) is 9.34. The van der Waals surface area contributed by atoms with E-state index in [-0.39, 0.29) is 0 Å². The van der Waals surface area contributed by atoms with Crippen molar-refractivity contribution in [3.8, 4) is 17.2 Å². The number of aryl methyl sites for hydroxylation is 1. The van der Waals surface area contributed by atoms with E-state index in [9.17, 15) is 0 Å². The first-order chi connectivity index (χ1) is 7.33. The first-order valence-corrected chi connectivity index (χ1v) is 5.79. The van der Waals surface area contributed by atoms with Gasteiger partial charge < -0.3 is 0 Å². The van der Waals surface area contributed by atoms with Crippen LogP contribution < -0.4 is 0 Å². The molecule has 0 fully saturated rings. The number of thiophene rings is 1. The number of nitriles is 1. The normalized spacial score (nSPS) is 9.87. The molecule has 2 rings (SSSR count). The molecular weight excluding hydrogens is 202 g/mol. The van der Waals surface area contributed by atoms with Gasteiger partial charge in [-0.3, -0.25) is 0 Å². The van der Waals surface area contributed by atoms with Crippen molar-refractivity contribution in [2.45, 2.75) is 13.3 Å². The maximum absolute atomic E-state index is 8.81. The molecule has 1 aromatic heterocycles. The molecule has 0 saturated heterocycles. The van der Waals surface area contributed by atoms with Gasteiger partial charge in [-0.25, -0.2) is 0 Å². The first-order valence-electron chi connectivity index (χ1n) is 4.91. The second-order valence-electron chi connectivity index (χ2n) is 3.35. The second kappa shape index (κ2) is 4.29. The van der Waals surface area contributed by atoms with Gasteiger partial charge in [0.05, 0.1) is 11.6 Å². The molecule has 1 nitrogen and oxygen atoms in total. The highest BCUT2D eigenvalue weighted by molar-refractivity contribution is 7.10. The third-order valence-electron chi connectivity index (χ3n) is 2.33. The molecule has 0 spiro atoms. The van der Waals surface area contributed by atoms with Crippen molar-refractivity contribution >= 4 is 11.3 Å². The lowest BCUT2D eigenvalue weighted by molar-refractivity contribution is 1.19. The molecular formula is C13H11NS. The van der Waals surface area contributed by atoms with Gasteiger partial charge in [-0.15, -0.1) is 11.3 Å². The third kappa shape index (κ3) is 2.08. The number of hydrogen-bond acceptors (Lipinski definition) is 2. The van der Waals surface area contributed by atoms with Crippen molar-refractivity contribution < 1.29 is 0 Å². The number of hydrogen-bond donors (Lipinski definition) is 0. The Morgan fingerprint density at radius 2 is 2.13 bits per heavy atom. The molecule has 2 heteroatoms. The van der Waals surface area contributed by atoms with E-state index in [1.807, 2.05) is 24.3 Å². The van der Waals surface area contributed by atoms with Gasteiger partial charge in [-0.1, -0.05) is 19.1 Å². The van der Waals surface area contributed by atoms with Crippen molar-refractivity contribution in [1.29, 1.82) is 5.26 Å². The molecule has 0 unspecified atom stereocenters. The molecule has 0 aliphatic carbocycles. The number of rotatable bonds is 2. The highest BCUT2D eigenvalue weighted by atomic mass is 32.1. The largest absolute Gasteiger partial charge is 0.192 e. The minimum atomic E-state index is 0.719. The fourth-order valence-electron chi connectivity index (χ4n) is 1.49. The summed E-state index contributed by atoms with van der Waals surface area (Å²) in [5.41, 5.74) is 3.07. The van der Waals surface area contributed by atoms with Crippen molar-refractivity contribution in [2.24, 2.45) is 0 Å². The van der Waals surface area contributed by atoms with Crippen molar-refractivity contribution in [2.75, 3.05) is 0 Å². The quantitative estimate of drug-likeness (QED) is 0.743. The van der Waals surface area contributed by atoms with Crippen LogP contribution in [0.25, 0.3) is 11.1 Å². The molecule has 0 amide bonds. The maximum atomic E-state index is 8.81. The Morgan fingerprint density at radius 3 is 2.80 bits per heavy atom. The summed E-state index contributed by atoms with van der Waals surface area (Å²) in [6.45, 7) is 2.15. The summed E-state index contributed by atoms with van der Waals surface area (Å²) in [6.07, 6.45) is 1.07. The second-order valence-corrected chi connectivity index (χ2v) is 4.34. The van der Waals surface area contributed by atoms with Crippen LogP contribution in [0.4, 0.5) is 0 Å². The smallest absolute Gasteiger partial charge is 0.0991 e. The molecule has 0 aliphatic rings. The van der Waals surface area contributed by atoms with Crippen LogP contribution in [0.15, 0.2) is 35.7 Å². The lowest BCUT2D eigenvalue weighted by atomic mass is 10.1. The van der Waals surface area contributed by atoms with Crippen molar-refractivity contribution in [1.82, 2.24) is 0 Å². The van der Waals surface area contributed by atoms with E-state index in [0.717, 1.165) is 17.5 Å². The molecule has 0 aliphatic heterocycles. The minimum absolute atomic E-state index is 0.719. The van der Waals surface area contributed by atoms with Gasteiger partial charge >= 0.3 is 0 Å². The zero-order chi connectivity index (χ0) is 10.7. The van der Waals surface area contributed by atoms with Crippen LogP contribution in [-0.4, -0.2) is 0 Å². The van der Waals surface area contributed by atoms with Crippen LogP contribution in [0.2, 0.25) is 0 Å². The molecule has 0 saturated carbocycles. The monoisotopic (exact) mass is 213 g/mol. The van der Waals surface area contributed by atoms with Gasteiger partial charge in [0.15, 0.2) is 0 Å². The Balaban J connectivity index is 2.41. The third-order valence-corrected chi connectivity index (χ3v) is 3.41. The first kappa shape index (κ1) is 9.95. The van der Waals surface area contributed by atoms with Gasteiger partial charge in [0, 0.05) is 4.88 Å². The Morgan fingerprint density at radius 1 is 1.27 bits per heavy atom. The highest BCUT2D eigenvalue weighted by Gasteiger charge is 2.01. The van der Waals surface area contributed by atoms with E-state index < -0.39 is 0 Å². The van der Waals surface area contributed by atoms with Crippen LogP contribution >= 0.6 is 11.3 Å². The Kier molecular flexibility index (Phi) is 2.84. The highest BCUT2D eigenvalue weighted by Crippen LogP contribution is 2.26. The lowest BCUT2D eigenvalue weighted by Crippen LogP contribution is -1.77. The summed E-state index contributed by atoms with van der Waals surface area (Å²) in [6, 6.07) is 12.1. The summed E-state index contributed by atoms with van der Waals surface area (Å²) in [5.74, 6) is 0. The molecule has 15 heavy (non-hydrogen) atoms. The molecule has 1 aromatic carbocycles. The van der Waals surface area contributed by atoms with E-state index in [2.05, 4.69) is 24.4 Å². The van der Waals surface area contributed by atoms with Crippen LogP contribution in [-0.2, 0) is 6.42 Å². The summed E-state index contributed by atoms with van der Waals surface area (Å²) >= 11 is 1.77. The lowest BCUT2D eigenvalue weighted by Gasteiger charge is -1.97. The van der Waals surface area contributed by atoms with Crippen LogP contribution in [0.1, 0.15) is 17.4 Å². The SMILES string of the molecule is CCc1cc(-c2cccc(C#N)c2)cs1. The molecule has 2 aromatic rings. The molecule has 0 N–H and O–H groups in total. The standard InChI is InChI=1S/C13H11NS/c1-2-13-7-12(9-15-13)11-5-3-4-10(6-11)8-14/h3-7,9H,2H2,1H3. The predicted octanol–water partition coefficient (Wildman–Crippen LogP) is 3.85. The average molecular weight is 213 g/mol. The van der Waals surface area contributed by atoms with Gasteiger partial charge in [-0.05, 0) is 41.1 Å². The molecule has 0 atom stereocenters. The van der Waals surface area contributed by atoms with E-state index in [1.165, 1.54) is 10.4 Å². The zero-order valence-electron chi connectivity index (χ0n) is 8.53. The van der Waals surface area contributed by atoms with E-state index in [0.29, 0.717) is 0 Å². The van der Waals surface area contributed by atoms with E-state index in [4.69, 9.17) is 5.26 Å². The van der Waals surface area contributed by atoms with Gasteiger partial charge in [0.1, 0.15) is 0 Å². The van der Waals surface area contributed by atoms with Crippen LogP contribution in [0.3, 0.4) is 0 Å². The van der Waals surface area contributed by atoms with Gasteiger partial charge in [0.25, 0.3) is 0 Å². The fourth-order valence-corrected chi connectivity index (χ4v) is 2.33. The summed E-state index contributed by atoms with van der Waals surface area (Å²) in [7, 11) is 0. The molecule has 74 valence electrons. The molecule has 0 radical (unpaired) electrons. The Hall–Kier alpha value is -1.59. The Labute approximate surface area is 93.6 Å². The van der Waals surface area contributed by atoms with Crippen LogP contribution in [0, 0.1) is 11.3 Å². The van der Waals surface area contributed by atoms with E-state index >= 15 is 0 Å². The summed E-state index contributed by atoms with van der Waals surface area (Å²) in [4.78, 5) is 1.38. The Bertz CT molecular complexity index is 505. The summed E-state index contributed by atoms with van der Waals surface area (Å²) < 4.78 is 0. The van der Waals surface area contributed by atoms with Gasteiger partial charge in [-0.2, -0.15) is 5.26 Å².